The molecule has 0 aromatic heterocycles. The number of carbonyl (C=O) groups is 1. The van der Waals surface area contributed by atoms with Gasteiger partial charge in [0.1, 0.15) is 0 Å². The third-order valence-corrected chi connectivity index (χ3v) is 2.34. The topological polar surface area (TPSA) is 52.6 Å². The van der Waals surface area contributed by atoms with E-state index >= 15 is 0 Å². The molecule has 5 heteroatoms. The highest BCUT2D eigenvalue weighted by Gasteiger charge is 2.16. The average Bonchev–Trinajstić information content (AvgIpc) is 2.18. The molecule has 1 aromatic carbocycles. The van der Waals surface area contributed by atoms with Gasteiger partial charge in [-0.15, -0.1) is 12.4 Å². The maximum atomic E-state index is 10.5. The summed E-state index contributed by atoms with van der Waals surface area (Å²) in [5.41, 5.74) is 4.56. The minimum atomic E-state index is -1.01. The van der Waals surface area contributed by atoms with Gasteiger partial charge in [0, 0.05) is 6.54 Å². The van der Waals surface area contributed by atoms with Crippen molar-refractivity contribution in [2.75, 3.05) is 11.6 Å². The van der Waals surface area contributed by atoms with Gasteiger partial charge in [0.05, 0.1) is 5.69 Å². The highest BCUT2D eigenvalue weighted by atomic mass is 35.5. The average molecular weight is 229 g/mol. The quantitative estimate of drug-likeness (QED) is 0.774. The fourth-order valence-corrected chi connectivity index (χ4v) is 1.77. The highest BCUT2D eigenvalue weighted by molar-refractivity contribution is 5.85. The van der Waals surface area contributed by atoms with Gasteiger partial charge < -0.3 is 5.11 Å². The van der Waals surface area contributed by atoms with Gasteiger partial charge in [-0.05, 0) is 24.5 Å². The summed E-state index contributed by atoms with van der Waals surface area (Å²) in [6, 6.07) is 7.86. The number of rotatable bonds is 1. The van der Waals surface area contributed by atoms with Crippen LogP contribution in [-0.4, -0.2) is 17.7 Å². The molecule has 1 aliphatic heterocycles. The van der Waals surface area contributed by atoms with Crippen molar-refractivity contribution in [2.45, 2.75) is 12.8 Å². The second-order valence-electron chi connectivity index (χ2n) is 3.30. The van der Waals surface area contributed by atoms with Crippen LogP contribution in [0.3, 0.4) is 0 Å². The number of anilines is 1. The van der Waals surface area contributed by atoms with Gasteiger partial charge in [-0.1, -0.05) is 18.2 Å². The van der Waals surface area contributed by atoms with E-state index in [0.717, 1.165) is 25.1 Å². The van der Waals surface area contributed by atoms with Crippen molar-refractivity contribution in [3.63, 3.8) is 0 Å². The Morgan fingerprint density at radius 3 is 2.87 bits per heavy atom. The Morgan fingerprint density at radius 2 is 2.13 bits per heavy atom. The third-order valence-electron chi connectivity index (χ3n) is 2.34. The van der Waals surface area contributed by atoms with Gasteiger partial charge in [0.2, 0.25) is 0 Å². The number of hydrazine groups is 1. The van der Waals surface area contributed by atoms with Crippen molar-refractivity contribution >= 4 is 24.2 Å². The molecule has 0 aliphatic carbocycles. The maximum Gasteiger partial charge on any atom is 0.423 e. The fourth-order valence-electron chi connectivity index (χ4n) is 1.77. The maximum absolute atomic E-state index is 10.5. The second kappa shape index (κ2) is 4.89. The zero-order valence-electron chi connectivity index (χ0n) is 8.14. The van der Waals surface area contributed by atoms with E-state index < -0.39 is 6.09 Å². The van der Waals surface area contributed by atoms with E-state index in [1.54, 1.807) is 5.01 Å². The van der Waals surface area contributed by atoms with E-state index in [-0.39, 0.29) is 12.4 Å². The molecule has 1 aliphatic rings. The highest BCUT2D eigenvalue weighted by Crippen LogP contribution is 2.24. The van der Waals surface area contributed by atoms with Crippen molar-refractivity contribution in [1.82, 2.24) is 5.43 Å². The van der Waals surface area contributed by atoms with Gasteiger partial charge in [-0.25, -0.2) is 10.2 Å². The molecule has 1 aromatic rings. The van der Waals surface area contributed by atoms with E-state index in [9.17, 15) is 4.79 Å². The molecule has 1 heterocycles. The van der Waals surface area contributed by atoms with Gasteiger partial charge in [-0.3, -0.25) is 5.01 Å². The molecular weight excluding hydrogens is 216 g/mol. The van der Waals surface area contributed by atoms with E-state index in [4.69, 9.17) is 5.11 Å². The SMILES string of the molecule is Cl.O=C(O)NN1CCCc2ccccc21. The van der Waals surface area contributed by atoms with Crippen molar-refractivity contribution < 1.29 is 9.90 Å². The number of amides is 1. The monoisotopic (exact) mass is 228 g/mol. The molecule has 0 saturated carbocycles. The molecular formula is C10H13ClN2O2. The normalized spacial score (nSPS) is 13.7. The van der Waals surface area contributed by atoms with E-state index in [1.165, 1.54) is 5.56 Å². The summed E-state index contributed by atoms with van der Waals surface area (Å²) in [6.45, 7) is 0.739. The molecule has 0 bridgehead atoms. The third kappa shape index (κ3) is 2.53. The number of nitrogens with one attached hydrogen (secondary N) is 1. The predicted molar refractivity (Wildman–Crippen MR) is 60.5 cm³/mol. The molecule has 15 heavy (non-hydrogen) atoms. The van der Waals surface area contributed by atoms with Crippen molar-refractivity contribution in [3.8, 4) is 0 Å². The first-order valence-electron chi connectivity index (χ1n) is 4.62. The Bertz CT molecular complexity index is 357. The molecule has 0 fully saturated rings. The number of hydrogen-bond donors (Lipinski definition) is 2. The van der Waals surface area contributed by atoms with E-state index in [0.29, 0.717) is 0 Å². The van der Waals surface area contributed by atoms with Crippen LogP contribution in [0.4, 0.5) is 10.5 Å². The summed E-state index contributed by atoms with van der Waals surface area (Å²) >= 11 is 0. The first kappa shape index (κ1) is 11.7. The zero-order valence-corrected chi connectivity index (χ0v) is 8.96. The van der Waals surface area contributed by atoms with Crippen molar-refractivity contribution in [1.29, 1.82) is 0 Å². The number of hydrogen-bond acceptors (Lipinski definition) is 2. The van der Waals surface area contributed by atoms with Gasteiger partial charge in [-0.2, -0.15) is 0 Å². The molecule has 0 radical (unpaired) electrons. The lowest BCUT2D eigenvalue weighted by Crippen LogP contribution is -2.44. The largest absolute Gasteiger partial charge is 0.464 e. The predicted octanol–water partition coefficient (Wildman–Crippen LogP) is 2.04. The summed E-state index contributed by atoms with van der Waals surface area (Å²) in [5.74, 6) is 0. The van der Waals surface area contributed by atoms with Gasteiger partial charge in [0.25, 0.3) is 0 Å². The Labute approximate surface area is 94.3 Å². The second-order valence-corrected chi connectivity index (χ2v) is 3.30. The lowest BCUT2D eigenvalue weighted by molar-refractivity contribution is 0.193. The number of fused-ring (bicyclic) bond motifs is 1. The first-order valence-corrected chi connectivity index (χ1v) is 4.62. The number of halogens is 1. The van der Waals surface area contributed by atoms with Crippen molar-refractivity contribution in [3.05, 3.63) is 29.8 Å². The van der Waals surface area contributed by atoms with Gasteiger partial charge in [0.15, 0.2) is 0 Å². The summed E-state index contributed by atoms with van der Waals surface area (Å²) in [4.78, 5) is 10.5. The van der Waals surface area contributed by atoms with Crippen LogP contribution in [0.25, 0.3) is 0 Å². The number of benzene rings is 1. The lowest BCUT2D eigenvalue weighted by Gasteiger charge is -2.29. The van der Waals surface area contributed by atoms with Crippen LogP contribution in [0.15, 0.2) is 24.3 Å². The van der Waals surface area contributed by atoms with E-state index in [1.807, 2.05) is 24.3 Å². The molecule has 2 N–H and O–H groups in total. The number of aryl methyl sites for hydroxylation is 1. The number of nitrogens with zero attached hydrogens (tertiary/aromatic N) is 1. The first-order chi connectivity index (χ1) is 6.77. The number of carboxylic acid groups (broad SMARTS) is 1. The Morgan fingerprint density at radius 1 is 1.40 bits per heavy atom. The summed E-state index contributed by atoms with van der Waals surface area (Å²) in [7, 11) is 0. The Hall–Kier alpha value is -1.42. The molecule has 4 nitrogen and oxygen atoms in total. The molecule has 1 amide bonds. The van der Waals surface area contributed by atoms with Crippen LogP contribution >= 0.6 is 12.4 Å². The molecule has 0 unspecified atom stereocenters. The lowest BCUT2D eigenvalue weighted by atomic mass is 10.0. The molecule has 82 valence electrons. The minimum Gasteiger partial charge on any atom is -0.464 e. The smallest absolute Gasteiger partial charge is 0.423 e. The summed E-state index contributed by atoms with van der Waals surface area (Å²) in [6.07, 6.45) is 0.993. The van der Waals surface area contributed by atoms with Crippen LogP contribution in [0.5, 0.6) is 0 Å². The van der Waals surface area contributed by atoms with E-state index in [2.05, 4.69) is 5.43 Å². The minimum absolute atomic E-state index is 0. The number of para-hydroxylation sites is 1. The van der Waals surface area contributed by atoms with Crippen LogP contribution < -0.4 is 10.4 Å². The van der Waals surface area contributed by atoms with Gasteiger partial charge >= 0.3 is 6.09 Å². The van der Waals surface area contributed by atoms with Crippen LogP contribution in [0.2, 0.25) is 0 Å². The Balaban J connectivity index is 0.00000112. The summed E-state index contributed by atoms with van der Waals surface area (Å²) < 4.78 is 0. The van der Waals surface area contributed by atoms with Crippen LogP contribution in [0.1, 0.15) is 12.0 Å². The molecule has 0 spiro atoms. The fraction of sp³-hybridized carbons (Fsp3) is 0.300. The zero-order chi connectivity index (χ0) is 9.97. The molecule has 0 saturated heterocycles. The molecule has 0 atom stereocenters. The Kier molecular flexibility index (Phi) is 3.80. The van der Waals surface area contributed by atoms with Crippen LogP contribution in [0, 0.1) is 0 Å². The van der Waals surface area contributed by atoms with Crippen molar-refractivity contribution in [2.24, 2.45) is 0 Å². The molecule has 2 rings (SSSR count). The van der Waals surface area contributed by atoms with Crippen LogP contribution in [-0.2, 0) is 6.42 Å². The standard InChI is InChI=1S/C10H12N2O2.ClH/c13-10(14)11-12-7-3-5-8-4-1-2-6-9(8)12;/h1-2,4,6,11H,3,5,7H2,(H,13,14);1H. The summed E-state index contributed by atoms with van der Waals surface area (Å²) in [5, 5.41) is 10.3.